The maximum atomic E-state index is 6.80. The fraction of sp³-hybridized carbons (Fsp3) is 0.217. The number of hydrogen-bond donors (Lipinski definition) is 0. The fourth-order valence-electron chi connectivity index (χ4n) is 2.85. The van der Waals surface area contributed by atoms with Crippen LogP contribution < -0.4 is 4.74 Å². The van der Waals surface area contributed by atoms with Gasteiger partial charge in [-0.15, -0.1) is 0 Å². The van der Waals surface area contributed by atoms with Crippen molar-refractivity contribution in [2.45, 2.75) is 27.2 Å². The SMILES string of the molecule is C=C/C=C(\C(Cl)=C(/C)c1ccc(CC)c(OC)c1)c1cccc(C)c1Cl. The molecule has 0 radical (unpaired) electrons. The monoisotopic (exact) mass is 386 g/mol. The Morgan fingerprint density at radius 2 is 1.96 bits per heavy atom. The molecule has 136 valence electrons. The Balaban J connectivity index is 2.61. The maximum absolute atomic E-state index is 6.80. The Morgan fingerprint density at radius 3 is 2.58 bits per heavy atom. The predicted molar refractivity (Wildman–Crippen MR) is 115 cm³/mol. The van der Waals surface area contributed by atoms with Crippen molar-refractivity contribution in [3.05, 3.63) is 87.4 Å². The number of rotatable bonds is 6. The smallest absolute Gasteiger partial charge is 0.122 e. The van der Waals surface area contributed by atoms with E-state index in [1.807, 2.05) is 44.2 Å². The van der Waals surface area contributed by atoms with Crippen LogP contribution in [0.5, 0.6) is 5.75 Å². The Labute approximate surface area is 166 Å². The molecule has 3 heteroatoms. The van der Waals surface area contributed by atoms with Gasteiger partial charge in [-0.05, 0) is 48.6 Å². The van der Waals surface area contributed by atoms with Crippen molar-refractivity contribution in [1.82, 2.24) is 0 Å². The highest BCUT2D eigenvalue weighted by atomic mass is 35.5. The van der Waals surface area contributed by atoms with Gasteiger partial charge in [-0.25, -0.2) is 0 Å². The van der Waals surface area contributed by atoms with E-state index in [1.54, 1.807) is 13.2 Å². The van der Waals surface area contributed by atoms with Crippen LogP contribution in [0.25, 0.3) is 11.1 Å². The van der Waals surface area contributed by atoms with Crippen LogP contribution in [0.4, 0.5) is 0 Å². The van der Waals surface area contributed by atoms with Crippen molar-refractivity contribution >= 4 is 34.3 Å². The van der Waals surface area contributed by atoms with E-state index in [9.17, 15) is 0 Å². The van der Waals surface area contributed by atoms with Gasteiger partial charge in [0.15, 0.2) is 0 Å². The molecular formula is C23H24Cl2O. The third-order valence-corrected chi connectivity index (χ3v) is 5.42. The summed E-state index contributed by atoms with van der Waals surface area (Å²) in [6.07, 6.45) is 4.54. The first-order valence-electron chi connectivity index (χ1n) is 8.56. The van der Waals surface area contributed by atoms with E-state index in [0.717, 1.165) is 40.0 Å². The molecule has 2 aromatic rings. The van der Waals surface area contributed by atoms with Gasteiger partial charge in [0.1, 0.15) is 5.75 Å². The molecule has 0 saturated heterocycles. The molecule has 0 N–H and O–H groups in total. The Bertz CT molecular complexity index is 876. The fourth-order valence-corrected chi connectivity index (χ4v) is 3.35. The highest BCUT2D eigenvalue weighted by Gasteiger charge is 2.15. The van der Waals surface area contributed by atoms with Gasteiger partial charge in [0.05, 0.1) is 17.2 Å². The third-order valence-electron chi connectivity index (χ3n) is 4.43. The number of ether oxygens (including phenoxy) is 1. The van der Waals surface area contributed by atoms with E-state index in [2.05, 4.69) is 25.6 Å². The average Bonchev–Trinajstić information content (AvgIpc) is 2.66. The zero-order valence-electron chi connectivity index (χ0n) is 15.7. The van der Waals surface area contributed by atoms with E-state index in [4.69, 9.17) is 27.9 Å². The minimum Gasteiger partial charge on any atom is -0.496 e. The number of methoxy groups -OCH3 is 1. The first kappa shape index (κ1) is 20.4. The van der Waals surface area contributed by atoms with Crippen LogP contribution in [0.1, 0.15) is 36.1 Å². The molecule has 0 aromatic heterocycles. The molecule has 2 aromatic carbocycles. The highest BCUT2D eigenvalue weighted by Crippen LogP contribution is 2.38. The quantitative estimate of drug-likeness (QED) is 0.468. The van der Waals surface area contributed by atoms with Gasteiger partial charge in [0.25, 0.3) is 0 Å². The predicted octanol–water partition coefficient (Wildman–Crippen LogP) is 7.46. The average molecular weight is 387 g/mol. The lowest BCUT2D eigenvalue weighted by molar-refractivity contribution is 0.410. The first-order chi connectivity index (χ1) is 12.4. The van der Waals surface area contributed by atoms with Gasteiger partial charge in [0.2, 0.25) is 0 Å². The second kappa shape index (κ2) is 9.12. The van der Waals surface area contributed by atoms with Gasteiger partial charge >= 0.3 is 0 Å². The Hall–Kier alpha value is -1.96. The Morgan fingerprint density at radius 1 is 1.23 bits per heavy atom. The number of halogens is 2. The van der Waals surface area contributed by atoms with Crippen LogP contribution in [-0.4, -0.2) is 7.11 Å². The van der Waals surface area contributed by atoms with Crippen LogP contribution in [0.15, 0.2) is 60.2 Å². The van der Waals surface area contributed by atoms with Crippen molar-refractivity contribution in [1.29, 1.82) is 0 Å². The molecule has 0 spiro atoms. The summed E-state index contributed by atoms with van der Waals surface area (Å²) in [4.78, 5) is 0. The molecule has 0 atom stereocenters. The largest absolute Gasteiger partial charge is 0.496 e. The van der Waals surface area contributed by atoms with Gasteiger partial charge < -0.3 is 4.74 Å². The second-order valence-corrected chi connectivity index (χ2v) is 6.83. The zero-order valence-corrected chi connectivity index (χ0v) is 17.2. The Kier molecular flexibility index (Phi) is 7.14. The van der Waals surface area contributed by atoms with Gasteiger partial charge in [-0.2, -0.15) is 0 Å². The lowest BCUT2D eigenvalue weighted by Gasteiger charge is -2.15. The summed E-state index contributed by atoms with van der Waals surface area (Å²) in [6, 6.07) is 12.1. The minimum atomic E-state index is 0.642. The topological polar surface area (TPSA) is 9.23 Å². The minimum absolute atomic E-state index is 0.642. The molecule has 0 aliphatic heterocycles. The molecule has 0 aliphatic rings. The molecule has 0 bridgehead atoms. The van der Waals surface area contributed by atoms with Crippen molar-refractivity contribution in [3.8, 4) is 5.75 Å². The van der Waals surface area contributed by atoms with E-state index >= 15 is 0 Å². The highest BCUT2D eigenvalue weighted by molar-refractivity contribution is 6.41. The van der Waals surface area contributed by atoms with Crippen molar-refractivity contribution in [3.63, 3.8) is 0 Å². The first-order valence-corrected chi connectivity index (χ1v) is 9.32. The summed E-state index contributed by atoms with van der Waals surface area (Å²) in [5.41, 5.74) is 5.90. The zero-order chi connectivity index (χ0) is 19.3. The normalized spacial score (nSPS) is 12.6. The molecule has 0 amide bonds. The van der Waals surface area contributed by atoms with Gasteiger partial charge in [-0.3, -0.25) is 0 Å². The van der Waals surface area contributed by atoms with Crippen LogP contribution in [-0.2, 0) is 6.42 Å². The van der Waals surface area contributed by atoms with Crippen molar-refractivity contribution in [2.75, 3.05) is 7.11 Å². The molecule has 0 saturated carbocycles. The summed E-state index contributed by atoms with van der Waals surface area (Å²) in [6.45, 7) is 9.92. The molecule has 0 heterocycles. The second-order valence-electron chi connectivity index (χ2n) is 6.07. The number of allylic oxidation sites excluding steroid dienone is 5. The van der Waals surface area contributed by atoms with E-state index < -0.39 is 0 Å². The van der Waals surface area contributed by atoms with Crippen LogP contribution in [0, 0.1) is 6.92 Å². The number of hydrogen-bond acceptors (Lipinski definition) is 1. The van der Waals surface area contributed by atoms with E-state index in [0.29, 0.717) is 10.1 Å². The van der Waals surface area contributed by atoms with Gasteiger partial charge in [-0.1, -0.05) is 79.2 Å². The summed E-state index contributed by atoms with van der Waals surface area (Å²) in [7, 11) is 1.69. The molecule has 0 unspecified atom stereocenters. The van der Waals surface area contributed by atoms with Crippen LogP contribution in [0.3, 0.4) is 0 Å². The molecule has 26 heavy (non-hydrogen) atoms. The lowest BCUT2D eigenvalue weighted by atomic mass is 9.96. The number of benzene rings is 2. The van der Waals surface area contributed by atoms with E-state index in [1.165, 1.54) is 5.56 Å². The summed E-state index contributed by atoms with van der Waals surface area (Å²) in [5.74, 6) is 0.872. The lowest BCUT2D eigenvalue weighted by Crippen LogP contribution is -1.95. The summed E-state index contributed by atoms with van der Waals surface area (Å²) >= 11 is 13.3. The maximum Gasteiger partial charge on any atom is 0.122 e. The molecule has 0 aliphatic carbocycles. The van der Waals surface area contributed by atoms with Gasteiger partial charge in [0, 0.05) is 11.1 Å². The van der Waals surface area contributed by atoms with E-state index in [-0.39, 0.29) is 0 Å². The van der Waals surface area contributed by atoms with Crippen LogP contribution in [0.2, 0.25) is 5.02 Å². The molecule has 1 nitrogen and oxygen atoms in total. The van der Waals surface area contributed by atoms with Crippen LogP contribution >= 0.6 is 23.2 Å². The van der Waals surface area contributed by atoms with Crippen molar-refractivity contribution < 1.29 is 4.74 Å². The molecular weight excluding hydrogens is 363 g/mol. The molecule has 0 fully saturated rings. The standard InChI is InChI=1S/C23H24Cl2O/c1-6-9-19(20-11-8-10-15(3)22(20)24)23(25)16(4)18-13-12-17(7-2)21(14-18)26-5/h6,8-14H,1,7H2,2-5H3/b19-9-,23-16-. The number of aryl methyl sites for hydroxylation is 2. The summed E-state index contributed by atoms with van der Waals surface area (Å²) in [5, 5.41) is 1.34. The van der Waals surface area contributed by atoms with Crippen molar-refractivity contribution in [2.24, 2.45) is 0 Å². The molecule has 2 rings (SSSR count). The third kappa shape index (κ3) is 4.23. The summed E-state index contributed by atoms with van der Waals surface area (Å²) < 4.78 is 5.52.